The van der Waals surface area contributed by atoms with Crippen LogP contribution in [0.2, 0.25) is 0 Å². The number of carbonyl (C=O) groups is 1. The van der Waals surface area contributed by atoms with Gasteiger partial charge in [-0.25, -0.2) is 8.42 Å². The van der Waals surface area contributed by atoms with E-state index < -0.39 is 22.0 Å². The number of sulfonamides is 1. The summed E-state index contributed by atoms with van der Waals surface area (Å²) in [5.74, 6) is -0.398. The summed E-state index contributed by atoms with van der Waals surface area (Å²) in [5, 5.41) is 1.77. The number of para-hydroxylation sites is 2. The monoisotopic (exact) mass is 368 g/mol. The van der Waals surface area contributed by atoms with Gasteiger partial charge in [-0.2, -0.15) is 0 Å². The van der Waals surface area contributed by atoms with Crippen molar-refractivity contribution in [2.45, 2.75) is 11.0 Å². The van der Waals surface area contributed by atoms with Crippen LogP contribution in [0, 0.1) is 0 Å². The highest BCUT2D eigenvalue weighted by Gasteiger charge is 2.36. The van der Waals surface area contributed by atoms with Crippen LogP contribution in [0.3, 0.4) is 0 Å². The first-order valence-electron chi connectivity index (χ1n) is 8.03. The van der Waals surface area contributed by atoms with Crippen LogP contribution in [-0.4, -0.2) is 27.0 Å². The predicted molar refractivity (Wildman–Crippen MR) is 98.5 cm³/mol. The Morgan fingerprint density at radius 3 is 2.46 bits per heavy atom. The molecule has 0 aliphatic carbocycles. The summed E-state index contributed by atoms with van der Waals surface area (Å²) in [5.41, 5.74) is 5.74. The van der Waals surface area contributed by atoms with Crippen LogP contribution < -0.4 is 14.8 Å². The van der Waals surface area contributed by atoms with Gasteiger partial charge in [-0.1, -0.05) is 42.5 Å². The Hall–Kier alpha value is -3.06. The zero-order valence-corrected chi connectivity index (χ0v) is 14.5. The minimum atomic E-state index is -3.89. The van der Waals surface area contributed by atoms with Gasteiger partial charge in [0.1, 0.15) is 5.75 Å². The Kier molecular flexibility index (Phi) is 3.81. The maximum absolute atomic E-state index is 13.3. The van der Waals surface area contributed by atoms with Crippen molar-refractivity contribution in [2.24, 2.45) is 5.73 Å². The number of fused-ring (bicyclic) bond motifs is 2. The van der Waals surface area contributed by atoms with Gasteiger partial charge < -0.3 is 10.5 Å². The second-order valence-corrected chi connectivity index (χ2v) is 7.88. The van der Waals surface area contributed by atoms with Gasteiger partial charge in [-0.05, 0) is 35.0 Å². The van der Waals surface area contributed by atoms with Crippen molar-refractivity contribution in [3.05, 3.63) is 66.7 Å². The summed E-state index contributed by atoms with van der Waals surface area (Å²) in [6.45, 7) is -0.165. The van der Waals surface area contributed by atoms with Gasteiger partial charge in [0.25, 0.3) is 15.9 Å². The summed E-state index contributed by atoms with van der Waals surface area (Å²) in [6.07, 6.45) is -1.04. The highest BCUT2D eigenvalue weighted by atomic mass is 32.2. The first-order valence-corrected chi connectivity index (χ1v) is 9.47. The molecule has 1 amide bonds. The zero-order chi connectivity index (χ0) is 18.3. The summed E-state index contributed by atoms with van der Waals surface area (Å²) < 4.78 is 33.3. The van der Waals surface area contributed by atoms with Gasteiger partial charge in [-0.3, -0.25) is 9.10 Å². The Balaban J connectivity index is 1.84. The molecule has 0 saturated carbocycles. The fraction of sp³-hybridized carbons (Fsp3) is 0.105. The summed E-state index contributed by atoms with van der Waals surface area (Å²) >= 11 is 0. The highest BCUT2D eigenvalue weighted by molar-refractivity contribution is 7.92. The van der Waals surface area contributed by atoms with Gasteiger partial charge in [0.15, 0.2) is 6.10 Å². The lowest BCUT2D eigenvalue weighted by molar-refractivity contribution is -0.124. The smallest absolute Gasteiger partial charge is 0.264 e. The van der Waals surface area contributed by atoms with Crippen LogP contribution in [0.15, 0.2) is 71.6 Å². The molecule has 26 heavy (non-hydrogen) atoms. The van der Waals surface area contributed by atoms with Crippen molar-refractivity contribution in [1.29, 1.82) is 0 Å². The van der Waals surface area contributed by atoms with Crippen LogP contribution in [0.5, 0.6) is 5.75 Å². The van der Waals surface area contributed by atoms with E-state index in [1.165, 1.54) is 4.31 Å². The molecule has 0 spiro atoms. The minimum Gasteiger partial charge on any atom is -0.476 e. The average Bonchev–Trinajstić information content (AvgIpc) is 2.66. The van der Waals surface area contributed by atoms with Crippen LogP contribution >= 0.6 is 0 Å². The van der Waals surface area contributed by atoms with Crippen LogP contribution in [0.25, 0.3) is 10.8 Å². The second-order valence-electron chi connectivity index (χ2n) is 6.02. The van der Waals surface area contributed by atoms with Crippen molar-refractivity contribution in [2.75, 3.05) is 10.8 Å². The number of anilines is 1. The molecular weight excluding hydrogens is 352 g/mol. The number of primary amides is 1. The van der Waals surface area contributed by atoms with Gasteiger partial charge in [0.05, 0.1) is 17.1 Å². The molecule has 1 aliphatic rings. The summed E-state index contributed by atoms with van der Waals surface area (Å²) in [7, 11) is -3.89. The third kappa shape index (κ3) is 2.66. The van der Waals surface area contributed by atoms with Crippen molar-refractivity contribution in [1.82, 2.24) is 0 Å². The molecule has 0 unspecified atom stereocenters. The van der Waals surface area contributed by atoms with E-state index in [1.54, 1.807) is 42.5 Å². The second kappa shape index (κ2) is 6.03. The number of amides is 1. The third-order valence-electron chi connectivity index (χ3n) is 4.36. The minimum absolute atomic E-state index is 0.149. The number of nitrogens with two attached hydrogens (primary N) is 1. The largest absolute Gasteiger partial charge is 0.476 e. The number of hydrogen-bond acceptors (Lipinski definition) is 4. The Morgan fingerprint density at radius 2 is 1.69 bits per heavy atom. The highest BCUT2D eigenvalue weighted by Crippen LogP contribution is 2.37. The fourth-order valence-electron chi connectivity index (χ4n) is 3.03. The van der Waals surface area contributed by atoms with Crippen LogP contribution in [0.1, 0.15) is 0 Å². The predicted octanol–water partition coefficient (Wildman–Crippen LogP) is 2.28. The van der Waals surface area contributed by atoms with E-state index in [0.717, 1.165) is 10.8 Å². The van der Waals surface area contributed by atoms with E-state index in [0.29, 0.717) is 11.4 Å². The SMILES string of the molecule is NC(=O)[C@H]1CN(S(=O)(=O)c2ccc3ccccc3c2)c2ccccc2O1. The Morgan fingerprint density at radius 1 is 1.00 bits per heavy atom. The molecule has 3 aromatic rings. The number of benzene rings is 3. The van der Waals surface area contributed by atoms with Crippen molar-refractivity contribution in [3.8, 4) is 5.75 Å². The molecule has 7 heteroatoms. The molecule has 3 aromatic carbocycles. The van der Waals surface area contributed by atoms with Gasteiger partial charge >= 0.3 is 0 Å². The van der Waals surface area contributed by atoms with E-state index in [-0.39, 0.29) is 11.4 Å². The first kappa shape index (κ1) is 16.4. The molecule has 6 nitrogen and oxygen atoms in total. The zero-order valence-electron chi connectivity index (χ0n) is 13.7. The lowest BCUT2D eigenvalue weighted by atomic mass is 10.1. The van der Waals surface area contributed by atoms with E-state index >= 15 is 0 Å². The molecule has 1 atom stereocenters. The first-order chi connectivity index (χ1) is 12.5. The van der Waals surface area contributed by atoms with Crippen LogP contribution in [0.4, 0.5) is 5.69 Å². The van der Waals surface area contributed by atoms with Crippen LogP contribution in [-0.2, 0) is 14.8 Å². The Bertz CT molecular complexity index is 1110. The molecule has 0 saturated heterocycles. The molecule has 2 N–H and O–H groups in total. The maximum atomic E-state index is 13.3. The van der Waals surface area contributed by atoms with Crippen molar-refractivity contribution >= 4 is 32.4 Å². The summed E-state index contributed by atoms with van der Waals surface area (Å²) in [4.78, 5) is 11.8. The number of hydrogen-bond donors (Lipinski definition) is 1. The molecule has 1 heterocycles. The Labute approximate surface area is 150 Å². The summed E-state index contributed by atoms with van der Waals surface area (Å²) in [6, 6.07) is 19.2. The fourth-order valence-corrected chi connectivity index (χ4v) is 4.54. The molecule has 0 radical (unpaired) electrons. The molecule has 132 valence electrons. The standard InChI is InChI=1S/C19H16N2O4S/c20-19(22)18-12-21(16-7-3-4-8-17(16)25-18)26(23,24)15-10-9-13-5-1-2-6-14(13)11-15/h1-11,18H,12H2,(H2,20,22)/t18-/m1/s1. The molecule has 4 rings (SSSR count). The van der Waals surface area contributed by atoms with Gasteiger partial charge in [0.2, 0.25) is 0 Å². The number of rotatable bonds is 3. The molecule has 0 aromatic heterocycles. The average molecular weight is 368 g/mol. The lowest BCUT2D eigenvalue weighted by Crippen LogP contribution is -2.49. The van der Waals surface area contributed by atoms with Crippen molar-refractivity contribution < 1.29 is 17.9 Å². The van der Waals surface area contributed by atoms with Crippen molar-refractivity contribution in [3.63, 3.8) is 0 Å². The molecule has 0 fully saturated rings. The lowest BCUT2D eigenvalue weighted by Gasteiger charge is -2.34. The van der Waals surface area contributed by atoms with E-state index in [1.807, 2.05) is 24.3 Å². The quantitative estimate of drug-likeness (QED) is 0.768. The third-order valence-corrected chi connectivity index (χ3v) is 6.14. The number of ether oxygens (including phenoxy) is 1. The molecular formula is C19H16N2O4S. The number of carbonyl (C=O) groups excluding carboxylic acids is 1. The molecule has 1 aliphatic heterocycles. The topological polar surface area (TPSA) is 89.7 Å². The normalized spacial score (nSPS) is 16.8. The number of nitrogens with zero attached hydrogens (tertiary/aromatic N) is 1. The molecule has 0 bridgehead atoms. The maximum Gasteiger partial charge on any atom is 0.264 e. The van der Waals surface area contributed by atoms with Gasteiger partial charge in [0, 0.05) is 0 Å². The van der Waals surface area contributed by atoms with E-state index in [9.17, 15) is 13.2 Å². The van der Waals surface area contributed by atoms with E-state index in [2.05, 4.69) is 0 Å². The van der Waals surface area contributed by atoms with E-state index in [4.69, 9.17) is 10.5 Å². The van der Waals surface area contributed by atoms with Gasteiger partial charge in [-0.15, -0.1) is 0 Å².